The van der Waals surface area contributed by atoms with Gasteiger partial charge in [-0.15, -0.1) is 0 Å². The Morgan fingerprint density at radius 3 is 2.90 bits per heavy atom. The Bertz CT molecular complexity index is 952. The Morgan fingerprint density at radius 2 is 2.10 bits per heavy atom. The number of amides is 1. The molecule has 1 aliphatic carbocycles. The fraction of sp³-hybridized carbons (Fsp3) is 0.565. The highest BCUT2D eigenvalue weighted by atomic mass is 16.5. The lowest BCUT2D eigenvalue weighted by Crippen LogP contribution is -2.50. The first-order valence-corrected chi connectivity index (χ1v) is 10.6. The Balaban J connectivity index is 1.59. The molecule has 29 heavy (non-hydrogen) atoms. The van der Waals surface area contributed by atoms with Crippen molar-refractivity contribution in [2.45, 2.75) is 51.6 Å². The minimum atomic E-state index is -0.593. The van der Waals surface area contributed by atoms with Crippen LogP contribution in [0.1, 0.15) is 55.8 Å². The summed E-state index contributed by atoms with van der Waals surface area (Å²) in [6, 6.07) is 7.02. The highest BCUT2D eigenvalue weighted by Crippen LogP contribution is 2.46. The molecule has 0 unspecified atom stereocenters. The zero-order valence-electron chi connectivity index (χ0n) is 17.2. The van der Waals surface area contributed by atoms with Crippen molar-refractivity contribution in [3.05, 3.63) is 40.2 Å². The highest BCUT2D eigenvalue weighted by molar-refractivity contribution is 5.96. The second kappa shape index (κ2) is 8.19. The average molecular weight is 399 g/mol. The fourth-order valence-corrected chi connectivity index (χ4v) is 5.00. The van der Waals surface area contributed by atoms with E-state index in [1.807, 2.05) is 24.0 Å². The van der Waals surface area contributed by atoms with Crippen LogP contribution in [0.4, 0.5) is 0 Å². The normalized spacial score (nSPS) is 24.3. The molecule has 0 radical (unpaired) electrons. The van der Waals surface area contributed by atoms with Crippen LogP contribution in [0, 0.1) is 5.41 Å². The monoisotopic (exact) mass is 399 g/mol. The van der Waals surface area contributed by atoms with E-state index in [2.05, 4.69) is 0 Å². The summed E-state index contributed by atoms with van der Waals surface area (Å²) in [6.45, 7) is 3.94. The largest absolute Gasteiger partial charge is 0.493 e. The third kappa shape index (κ3) is 3.78. The Kier molecular flexibility index (Phi) is 5.63. The number of hydrogen-bond donors (Lipinski definition) is 0. The predicted molar refractivity (Wildman–Crippen MR) is 110 cm³/mol. The molecule has 6 nitrogen and oxygen atoms in total. The molecule has 2 aliphatic rings. The number of piperidine rings is 1. The molecule has 1 saturated heterocycles. The number of fused-ring (bicyclic) bond motifs is 1. The number of carbonyl (C=O) groups excluding carboxylic acids is 1. The molecule has 1 aromatic heterocycles. The molecule has 6 heteroatoms. The molecule has 1 saturated carbocycles. The molecular formula is C23H29NO5. The van der Waals surface area contributed by atoms with Gasteiger partial charge in [0, 0.05) is 37.1 Å². The van der Waals surface area contributed by atoms with E-state index in [9.17, 15) is 9.59 Å². The third-order valence-electron chi connectivity index (χ3n) is 6.41. The van der Waals surface area contributed by atoms with E-state index in [0.29, 0.717) is 31.0 Å². The first-order chi connectivity index (χ1) is 14.1. The topological polar surface area (TPSA) is 69.0 Å². The number of hydrogen-bond acceptors (Lipinski definition) is 5. The Morgan fingerprint density at radius 1 is 1.28 bits per heavy atom. The molecule has 4 rings (SSSR count). The summed E-state index contributed by atoms with van der Waals surface area (Å²) in [5.74, 6) is 0.416. The van der Waals surface area contributed by atoms with Crippen LogP contribution in [0.25, 0.3) is 11.0 Å². The second-order valence-corrected chi connectivity index (χ2v) is 8.30. The molecule has 1 spiro atoms. The van der Waals surface area contributed by atoms with E-state index in [4.69, 9.17) is 13.9 Å². The van der Waals surface area contributed by atoms with E-state index in [1.54, 1.807) is 19.2 Å². The molecule has 156 valence electrons. The van der Waals surface area contributed by atoms with Crippen LogP contribution >= 0.6 is 0 Å². The minimum absolute atomic E-state index is 0.0191. The van der Waals surface area contributed by atoms with Gasteiger partial charge in [0.25, 0.3) is 5.91 Å². The van der Waals surface area contributed by atoms with Crippen LogP contribution in [0.2, 0.25) is 0 Å². The van der Waals surface area contributed by atoms with Crippen LogP contribution in [-0.2, 0) is 4.74 Å². The molecule has 1 aromatic carbocycles. The number of likely N-dealkylation sites (tertiary alicyclic amines) is 1. The first kappa shape index (κ1) is 20.0. The SMILES string of the molecule is CCCOc1ccc2cc(C(=O)N3CCC[C@]4(CCC[C@H]4OC)C3)c(=O)oc2c1. The van der Waals surface area contributed by atoms with Gasteiger partial charge in [-0.1, -0.05) is 13.3 Å². The maximum absolute atomic E-state index is 13.2. The summed E-state index contributed by atoms with van der Waals surface area (Å²) in [4.78, 5) is 27.6. The zero-order chi connectivity index (χ0) is 20.4. The van der Waals surface area contributed by atoms with Gasteiger partial charge in [-0.05, 0) is 50.3 Å². The van der Waals surface area contributed by atoms with Crippen molar-refractivity contribution in [1.29, 1.82) is 0 Å². The number of carbonyl (C=O) groups is 1. The van der Waals surface area contributed by atoms with Crippen LogP contribution in [0.5, 0.6) is 5.75 Å². The lowest BCUT2D eigenvalue weighted by atomic mass is 9.76. The van der Waals surface area contributed by atoms with Crippen molar-refractivity contribution in [3.8, 4) is 5.75 Å². The van der Waals surface area contributed by atoms with Crippen molar-refractivity contribution in [1.82, 2.24) is 4.90 Å². The standard InChI is InChI=1S/C23H29NO5/c1-3-12-28-17-8-7-16-13-18(22(26)29-19(16)14-17)21(25)24-11-5-10-23(15-24)9-4-6-20(23)27-2/h7-8,13-14,20H,3-6,9-12,15H2,1-2H3/t20-,23-/m1/s1. The van der Waals surface area contributed by atoms with E-state index >= 15 is 0 Å². The molecular weight excluding hydrogens is 370 g/mol. The van der Waals surface area contributed by atoms with Gasteiger partial charge < -0.3 is 18.8 Å². The summed E-state index contributed by atoms with van der Waals surface area (Å²) in [6.07, 6.45) is 6.33. The Hall–Kier alpha value is -2.34. The van der Waals surface area contributed by atoms with Gasteiger partial charge in [-0.2, -0.15) is 0 Å². The molecule has 2 heterocycles. The summed E-state index contributed by atoms with van der Waals surface area (Å²) >= 11 is 0. The maximum atomic E-state index is 13.2. The van der Waals surface area contributed by atoms with Crippen molar-refractivity contribution in [3.63, 3.8) is 0 Å². The summed E-state index contributed by atoms with van der Waals surface area (Å²) in [7, 11) is 1.76. The number of nitrogens with zero attached hydrogens (tertiary/aromatic N) is 1. The lowest BCUT2D eigenvalue weighted by Gasteiger charge is -2.43. The number of benzene rings is 1. The van der Waals surface area contributed by atoms with Crippen LogP contribution in [0.15, 0.2) is 33.5 Å². The molecule has 0 N–H and O–H groups in total. The van der Waals surface area contributed by atoms with Crippen LogP contribution in [-0.4, -0.2) is 43.7 Å². The van der Waals surface area contributed by atoms with Gasteiger partial charge in [0.05, 0.1) is 12.7 Å². The lowest BCUT2D eigenvalue weighted by molar-refractivity contribution is -0.0296. The average Bonchev–Trinajstić information content (AvgIpc) is 3.12. The third-order valence-corrected chi connectivity index (χ3v) is 6.41. The van der Waals surface area contributed by atoms with Crippen molar-refractivity contribution < 1.29 is 18.7 Å². The number of rotatable bonds is 5. The van der Waals surface area contributed by atoms with E-state index in [0.717, 1.165) is 43.9 Å². The van der Waals surface area contributed by atoms with Gasteiger partial charge >= 0.3 is 5.63 Å². The molecule has 2 aromatic rings. The summed E-state index contributed by atoms with van der Waals surface area (Å²) < 4.78 is 16.8. The van der Waals surface area contributed by atoms with Crippen molar-refractivity contribution in [2.24, 2.45) is 5.41 Å². The first-order valence-electron chi connectivity index (χ1n) is 10.6. The molecule has 0 bridgehead atoms. The maximum Gasteiger partial charge on any atom is 0.349 e. The molecule has 1 aliphatic heterocycles. The van der Waals surface area contributed by atoms with E-state index in [-0.39, 0.29) is 23.0 Å². The zero-order valence-corrected chi connectivity index (χ0v) is 17.2. The van der Waals surface area contributed by atoms with Crippen molar-refractivity contribution >= 4 is 16.9 Å². The van der Waals surface area contributed by atoms with Gasteiger partial charge in [-0.3, -0.25) is 4.79 Å². The number of methoxy groups -OCH3 is 1. The van der Waals surface area contributed by atoms with Gasteiger partial charge in [0.2, 0.25) is 0 Å². The highest BCUT2D eigenvalue weighted by Gasteiger charge is 2.46. The van der Waals surface area contributed by atoms with E-state index in [1.165, 1.54) is 0 Å². The molecule has 2 fully saturated rings. The van der Waals surface area contributed by atoms with Gasteiger partial charge in [-0.25, -0.2) is 4.79 Å². The van der Waals surface area contributed by atoms with Crippen LogP contribution < -0.4 is 10.4 Å². The molecule has 1 amide bonds. The Labute approximate surface area is 170 Å². The fourth-order valence-electron chi connectivity index (χ4n) is 5.00. The summed E-state index contributed by atoms with van der Waals surface area (Å²) in [5, 5.41) is 0.721. The van der Waals surface area contributed by atoms with Gasteiger partial charge in [0.15, 0.2) is 0 Å². The minimum Gasteiger partial charge on any atom is -0.493 e. The van der Waals surface area contributed by atoms with Gasteiger partial charge in [0.1, 0.15) is 16.9 Å². The smallest absolute Gasteiger partial charge is 0.349 e. The van der Waals surface area contributed by atoms with Crippen molar-refractivity contribution in [2.75, 3.05) is 26.8 Å². The van der Waals surface area contributed by atoms with Crippen LogP contribution in [0.3, 0.4) is 0 Å². The quantitative estimate of drug-likeness (QED) is 0.711. The predicted octanol–water partition coefficient (Wildman–Crippen LogP) is 4.00. The molecule has 2 atom stereocenters. The number of ether oxygens (including phenoxy) is 2. The summed E-state index contributed by atoms with van der Waals surface area (Å²) in [5.41, 5.74) is -0.0377. The second-order valence-electron chi connectivity index (χ2n) is 8.30. The van der Waals surface area contributed by atoms with E-state index < -0.39 is 5.63 Å².